The van der Waals surface area contributed by atoms with Crippen LogP contribution in [0.4, 0.5) is 0 Å². The zero-order valence-electron chi connectivity index (χ0n) is 21.9. The van der Waals surface area contributed by atoms with Crippen molar-refractivity contribution in [3.8, 4) is 12.1 Å². The van der Waals surface area contributed by atoms with Gasteiger partial charge in [0.15, 0.2) is 12.1 Å². The Morgan fingerprint density at radius 2 is 1.50 bits per heavy atom. The second-order valence-electron chi connectivity index (χ2n) is 9.04. The molecule has 3 heterocycles. The number of ketones is 1. The average molecular weight is 529 g/mol. The zero-order chi connectivity index (χ0) is 28.0. The standard InChI is InChI=1S/C19H18N2O2.C14H10N2O/c20-14-16-4-3-5-17(12-16)18(13-15-7-9-21-10-8-15)23-19-6-1-2-11-22-19;15-10-12-2-1-3-13(8-12)14(17)9-11-4-6-16-7-5-11/h3-5,7-10,12-13,19H,1-2,6,11H2;1-8H,9H2/b18-13+;. The quantitative estimate of drug-likeness (QED) is 0.202. The van der Waals surface area contributed by atoms with Crippen LogP contribution in [0.25, 0.3) is 11.8 Å². The molecule has 1 aliphatic rings. The second-order valence-corrected chi connectivity index (χ2v) is 9.04. The molecule has 1 aliphatic heterocycles. The van der Waals surface area contributed by atoms with Gasteiger partial charge in [-0.1, -0.05) is 24.3 Å². The Kier molecular flexibility index (Phi) is 10.3. The van der Waals surface area contributed by atoms with E-state index < -0.39 is 0 Å². The minimum absolute atomic E-state index is 0.00769. The Hall–Kier alpha value is -5.11. The van der Waals surface area contributed by atoms with Crippen molar-refractivity contribution in [2.75, 3.05) is 6.61 Å². The van der Waals surface area contributed by atoms with Crippen molar-refractivity contribution in [3.05, 3.63) is 131 Å². The predicted octanol–water partition coefficient (Wildman–Crippen LogP) is 6.37. The first kappa shape index (κ1) is 27.9. The summed E-state index contributed by atoms with van der Waals surface area (Å²) in [6.07, 6.45) is 11.9. The largest absolute Gasteiger partial charge is 0.464 e. The number of nitriles is 2. The molecule has 40 heavy (non-hydrogen) atoms. The number of nitrogens with zero attached hydrogens (tertiary/aromatic N) is 4. The van der Waals surface area contributed by atoms with Crippen LogP contribution >= 0.6 is 0 Å². The van der Waals surface area contributed by atoms with Crippen molar-refractivity contribution in [2.24, 2.45) is 0 Å². The molecule has 2 aromatic carbocycles. The first-order valence-corrected chi connectivity index (χ1v) is 13.0. The summed E-state index contributed by atoms with van der Waals surface area (Å²) in [5.41, 5.74) is 4.47. The molecule has 0 spiro atoms. The van der Waals surface area contributed by atoms with Crippen LogP contribution in [0.1, 0.15) is 57.4 Å². The molecule has 7 nitrogen and oxygen atoms in total. The van der Waals surface area contributed by atoms with Gasteiger partial charge in [0, 0.05) is 48.8 Å². The number of aromatic nitrogens is 2. The minimum Gasteiger partial charge on any atom is -0.464 e. The van der Waals surface area contributed by atoms with Gasteiger partial charge in [-0.05, 0) is 78.6 Å². The Morgan fingerprint density at radius 1 is 0.875 bits per heavy atom. The van der Waals surface area contributed by atoms with Crippen molar-refractivity contribution in [1.82, 2.24) is 9.97 Å². The smallest absolute Gasteiger partial charge is 0.199 e. The lowest BCUT2D eigenvalue weighted by atomic mass is 10.0. The lowest BCUT2D eigenvalue weighted by molar-refractivity contribution is -0.120. The van der Waals surface area contributed by atoms with Crippen LogP contribution in [-0.2, 0) is 15.9 Å². The van der Waals surface area contributed by atoms with Crippen molar-refractivity contribution in [2.45, 2.75) is 32.0 Å². The predicted molar refractivity (Wildman–Crippen MR) is 151 cm³/mol. The number of ether oxygens (including phenoxy) is 2. The Balaban J connectivity index is 0.000000194. The minimum atomic E-state index is -0.234. The molecule has 0 aliphatic carbocycles. The molecule has 2 aromatic heterocycles. The summed E-state index contributed by atoms with van der Waals surface area (Å²) >= 11 is 0. The first-order valence-electron chi connectivity index (χ1n) is 13.0. The van der Waals surface area contributed by atoms with E-state index in [1.165, 1.54) is 0 Å². The van der Waals surface area contributed by atoms with Crippen molar-refractivity contribution in [1.29, 1.82) is 10.5 Å². The van der Waals surface area contributed by atoms with E-state index in [4.69, 9.17) is 20.0 Å². The molecule has 0 radical (unpaired) electrons. The molecule has 1 unspecified atom stereocenters. The molecule has 0 N–H and O–H groups in total. The van der Waals surface area contributed by atoms with E-state index in [0.717, 1.165) is 42.6 Å². The maximum atomic E-state index is 12.0. The van der Waals surface area contributed by atoms with Gasteiger partial charge >= 0.3 is 0 Å². The lowest BCUT2D eigenvalue weighted by Crippen LogP contribution is -2.21. The van der Waals surface area contributed by atoms with Crippen LogP contribution in [0.2, 0.25) is 0 Å². The highest BCUT2D eigenvalue weighted by Gasteiger charge is 2.17. The van der Waals surface area contributed by atoms with Gasteiger partial charge in [0.1, 0.15) is 5.76 Å². The van der Waals surface area contributed by atoms with E-state index in [9.17, 15) is 4.79 Å². The molecule has 7 heteroatoms. The Labute approximate surface area is 234 Å². The van der Waals surface area contributed by atoms with E-state index in [2.05, 4.69) is 16.0 Å². The molecule has 4 aromatic rings. The van der Waals surface area contributed by atoms with Gasteiger partial charge in [0.2, 0.25) is 0 Å². The third kappa shape index (κ3) is 8.46. The molecule has 0 amide bonds. The number of carbonyl (C=O) groups is 1. The highest BCUT2D eigenvalue weighted by molar-refractivity contribution is 5.97. The fourth-order valence-corrected chi connectivity index (χ4v) is 4.03. The molecule has 0 saturated carbocycles. The molecular weight excluding hydrogens is 500 g/mol. The summed E-state index contributed by atoms with van der Waals surface area (Å²) in [7, 11) is 0. The van der Waals surface area contributed by atoms with Crippen molar-refractivity contribution >= 4 is 17.6 Å². The Bertz CT molecular complexity index is 1520. The topological polar surface area (TPSA) is 109 Å². The molecule has 0 bridgehead atoms. The normalized spacial score (nSPS) is 14.6. The third-order valence-electron chi connectivity index (χ3n) is 6.10. The van der Waals surface area contributed by atoms with Crippen LogP contribution in [0.15, 0.2) is 97.6 Å². The van der Waals surface area contributed by atoms with Crippen LogP contribution in [0.3, 0.4) is 0 Å². The maximum absolute atomic E-state index is 12.0. The fourth-order valence-electron chi connectivity index (χ4n) is 4.03. The van der Waals surface area contributed by atoms with Gasteiger partial charge in [-0.25, -0.2) is 0 Å². The number of hydrogen-bond donors (Lipinski definition) is 0. The van der Waals surface area contributed by atoms with Gasteiger partial charge in [0.05, 0.1) is 29.9 Å². The number of hydrogen-bond acceptors (Lipinski definition) is 7. The number of carbonyl (C=O) groups excluding carboxylic acids is 1. The number of pyridine rings is 2. The lowest BCUT2D eigenvalue weighted by Gasteiger charge is -2.25. The van der Waals surface area contributed by atoms with Crippen molar-refractivity contribution < 1.29 is 14.3 Å². The summed E-state index contributed by atoms with van der Waals surface area (Å²) < 4.78 is 11.8. The monoisotopic (exact) mass is 528 g/mol. The molecular formula is C33H28N4O3. The van der Waals surface area contributed by atoms with E-state index in [1.54, 1.807) is 55.1 Å². The molecule has 1 fully saturated rings. The van der Waals surface area contributed by atoms with Crippen LogP contribution < -0.4 is 0 Å². The Morgan fingerprint density at radius 3 is 2.12 bits per heavy atom. The van der Waals surface area contributed by atoms with Gasteiger partial charge in [-0.3, -0.25) is 14.8 Å². The maximum Gasteiger partial charge on any atom is 0.199 e. The highest BCUT2D eigenvalue weighted by Crippen LogP contribution is 2.25. The summed E-state index contributed by atoms with van der Waals surface area (Å²) in [6, 6.07) is 25.8. The van der Waals surface area contributed by atoms with E-state index in [0.29, 0.717) is 28.9 Å². The molecule has 1 atom stereocenters. The van der Waals surface area contributed by atoms with E-state index in [1.807, 2.05) is 54.6 Å². The summed E-state index contributed by atoms with van der Waals surface area (Å²) in [4.78, 5) is 19.9. The SMILES string of the molecule is N#Cc1cccc(/C(=C\c2ccncc2)OC2CCCCO2)c1.N#Cc1cccc(C(=O)Cc2ccncc2)c1. The second kappa shape index (κ2) is 14.7. The molecule has 5 rings (SSSR count). The zero-order valence-corrected chi connectivity index (χ0v) is 21.9. The molecule has 1 saturated heterocycles. The summed E-state index contributed by atoms with van der Waals surface area (Å²) in [5, 5.41) is 17.9. The van der Waals surface area contributed by atoms with Gasteiger partial charge in [0.25, 0.3) is 0 Å². The van der Waals surface area contributed by atoms with Gasteiger partial charge in [-0.2, -0.15) is 10.5 Å². The third-order valence-corrected chi connectivity index (χ3v) is 6.10. The van der Waals surface area contributed by atoms with Crippen LogP contribution in [-0.4, -0.2) is 28.6 Å². The van der Waals surface area contributed by atoms with E-state index >= 15 is 0 Å². The first-order chi connectivity index (χ1) is 19.6. The van der Waals surface area contributed by atoms with Crippen LogP contribution in [0, 0.1) is 22.7 Å². The van der Waals surface area contributed by atoms with E-state index in [-0.39, 0.29) is 12.1 Å². The van der Waals surface area contributed by atoms with Gasteiger partial charge in [-0.15, -0.1) is 0 Å². The molecule has 198 valence electrons. The number of rotatable bonds is 7. The van der Waals surface area contributed by atoms with Crippen molar-refractivity contribution in [3.63, 3.8) is 0 Å². The van der Waals surface area contributed by atoms with Crippen LogP contribution in [0.5, 0.6) is 0 Å². The highest BCUT2D eigenvalue weighted by atomic mass is 16.7. The van der Waals surface area contributed by atoms with Gasteiger partial charge < -0.3 is 9.47 Å². The average Bonchev–Trinajstić information content (AvgIpc) is 3.02. The fraction of sp³-hybridized carbons (Fsp3) is 0.182. The summed E-state index contributed by atoms with van der Waals surface area (Å²) in [5.74, 6) is 0.716. The summed E-state index contributed by atoms with van der Waals surface area (Å²) in [6.45, 7) is 0.728. The number of Topliss-reactive ketones (excluding diaryl/α,β-unsaturated/α-hetero) is 1. The number of benzene rings is 2.